The Kier molecular flexibility index (Phi) is 6.17. The average Bonchev–Trinajstić information content (AvgIpc) is 2.59. The second-order valence-corrected chi connectivity index (χ2v) is 5.68. The number of pyridine rings is 1. The summed E-state index contributed by atoms with van der Waals surface area (Å²) in [5.41, 5.74) is 3.45. The van der Waals surface area contributed by atoms with Gasteiger partial charge in [0.1, 0.15) is 5.75 Å². The molecule has 6 heteroatoms. The van der Waals surface area contributed by atoms with Gasteiger partial charge in [0.25, 0.3) is 5.91 Å². The van der Waals surface area contributed by atoms with Crippen molar-refractivity contribution in [1.29, 1.82) is 0 Å². The molecule has 1 amide bonds. The number of fused-ring (bicyclic) bond motifs is 1. The van der Waals surface area contributed by atoms with Crippen molar-refractivity contribution >= 4 is 29.2 Å². The molecular formula is C18H22ClN3O2. The van der Waals surface area contributed by atoms with E-state index in [1.54, 1.807) is 7.11 Å². The number of aryl methyl sites for hydroxylation is 1. The molecule has 0 unspecified atom stereocenters. The van der Waals surface area contributed by atoms with Gasteiger partial charge in [-0.1, -0.05) is 11.6 Å². The zero-order chi connectivity index (χ0) is 16.2. The van der Waals surface area contributed by atoms with Gasteiger partial charge in [0.2, 0.25) is 0 Å². The van der Waals surface area contributed by atoms with Gasteiger partial charge < -0.3 is 15.4 Å². The Labute approximate surface area is 147 Å². The summed E-state index contributed by atoms with van der Waals surface area (Å²) in [6, 6.07) is 7.57. The van der Waals surface area contributed by atoms with E-state index in [4.69, 9.17) is 4.74 Å². The van der Waals surface area contributed by atoms with Gasteiger partial charge in [-0.2, -0.15) is 0 Å². The number of nitrogens with one attached hydrogen (secondary N) is 2. The minimum absolute atomic E-state index is 0. The first-order valence-corrected chi connectivity index (χ1v) is 7.79. The van der Waals surface area contributed by atoms with Crippen molar-refractivity contribution in [1.82, 2.24) is 15.6 Å². The van der Waals surface area contributed by atoms with Gasteiger partial charge in [-0.25, -0.2) is 0 Å². The number of benzene rings is 1. The number of rotatable bonds is 4. The highest BCUT2D eigenvalue weighted by Gasteiger charge is 2.13. The lowest BCUT2D eigenvalue weighted by molar-refractivity contribution is 0.0956. The van der Waals surface area contributed by atoms with E-state index in [0.29, 0.717) is 12.1 Å². The summed E-state index contributed by atoms with van der Waals surface area (Å²) >= 11 is 0. The molecule has 24 heavy (non-hydrogen) atoms. The maximum atomic E-state index is 12.5. The number of carbonyl (C=O) groups excluding carboxylic acids is 1. The normalized spacial score (nSPS) is 13.8. The summed E-state index contributed by atoms with van der Waals surface area (Å²) in [5, 5.41) is 7.19. The van der Waals surface area contributed by atoms with Crippen molar-refractivity contribution in [2.45, 2.75) is 13.3 Å². The number of aromatic nitrogens is 1. The van der Waals surface area contributed by atoms with E-state index in [0.717, 1.165) is 41.9 Å². The van der Waals surface area contributed by atoms with E-state index in [2.05, 4.69) is 21.7 Å². The third-order valence-corrected chi connectivity index (χ3v) is 4.09. The number of nitrogens with zero attached hydrogens (tertiary/aromatic N) is 1. The van der Waals surface area contributed by atoms with E-state index in [1.807, 2.05) is 31.2 Å². The molecule has 5 nitrogen and oxygen atoms in total. The van der Waals surface area contributed by atoms with Gasteiger partial charge in [0.15, 0.2) is 0 Å². The van der Waals surface area contributed by atoms with Crippen LogP contribution in [0.1, 0.15) is 22.5 Å². The monoisotopic (exact) mass is 347 g/mol. The molecule has 1 aromatic carbocycles. The van der Waals surface area contributed by atoms with Crippen LogP contribution in [-0.4, -0.2) is 37.6 Å². The van der Waals surface area contributed by atoms with Gasteiger partial charge in [-0.3, -0.25) is 9.78 Å². The van der Waals surface area contributed by atoms with Gasteiger partial charge in [0.05, 0.1) is 23.9 Å². The maximum Gasteiger partial charge on any atom is 0.253 e. The quantitative estimate of drug-likeness (QED) is 0.835. The second-order valence-electron chi connectivity index (χ2n) is 5.68. The number of halogens is 1. The lowest BCUT2D eigenvalue weighted by Gasteiger charge is -2.15. The van der Waals surface area contributed by atoms with Crippen molar-refractivity contribution in [3.05, 3.63) is 47.2 Å². The lowest BCUT2D eigenvalue weighted by Crippen LogP contribution is -2.30. The first kappa shape index (κ1) is 18.2. The Morgan fingerprint density at radius 3 is 2.92 bits per heavy atom. The molecular weight excluding hydrogens is 326 g/mol. The van der Waals surface area contributed by atoms with E-state index in [1.165, 1.54) is 5.57 Å². The highest BCUT2D eigenvalue weighted by molar-refractivity contribution is 5.98. The van der Waals surface area contributed by atoms with Crippen molar-refractivity contribution in [2.75, 3.05) is 26.7 Å². The molecule has 0 fully saturated rings. The maximum absolute atomic E-state index is 12.5. The number of hydrogen-bond acceptors (Lipinski definition) is 4. The average molecular weight is 348 g/mol. The molecule has 2 heterocycles. The SMILES string of the molecule is COc1ccc2cc(C(=O)NCC3=CCNCC3)c(C)nc2c1.Cl. The van der Waals surface area contributed by atoms with Crippen molar-refractivity contribution in [2.24, 2.45) is 0 Å². The Morgan fingerprint density at radius 1 is 1.38 bits per heavy atom. The highest BCUT2D eigenvalue weighted by Crippen LogP contribution is 2.21. The van der Waals surface area contributed by atoms with Gasteiger partial charge in [0, 0.05) is 24.5 Å². The molecule has 3 rings (SSSR count). The summed E-state index contributed by atoms with van der Waals surface area (Å²) in [4.78, 5) is 17.0. The van der Waals surface area contributed by atoms with Gasteiger partial charge >= 0.3 is 0 Å². The highest BCUT2D eigenvalue weighted by atomic mass is 35.5. The fourth-order valence-corrected chi connectivity index (χ4v) is 2.72. The fraction of sp³-hybridized carbons (Fsp3) is 0.333. The molecule has 0 atom stereocenters. The number of methoxy groups -OCH3 is 1. The summed E-state index contributed by atoms with van der Waals surface area (Å²) < 4.78 is 5.21. The summed E-state index contributed by atoms with van der Waals surface area (Å²) in [6.45, 7) is 4.31. The molecule has 0 bridgehead atoms. The molecule has 0 saturated carbocycles. The van der Waals surface area contributed by atoms with Crippen LogP contribution in [0.5, 0.6) is 5.75 Å². The van der Waals surface area contributed by atoms with Crippen LogP contribution in [0, 0.1) is 6.92 Å². The fourth-order valence-electron chi connectivity index (χ4n) is 2.72. The van der Waals surface area contributed by atoms with Crippen LogP contribution in [0.2, 0.25) is 0 Å². The van der Waals surface area contributed by atoms with Crippen LogP contribution in [-0.2, 0) is 0 Å². The van der Waals surface area contributed by atoms with Gasteiger partial charge in [-0.05, 0) is 38.1 Å². The van der Waals surface area contributed by atoms with Crippen LogP contribution in [0.25, 0.3) is 10.9 Å². The number of hydrogen-bond donors (Lipinski definition) is 2. The molecule has 1 aliphatic rings. The second kappa shape index (κ2) is 8.13. The molecule has 2 aromatic rings. The Bertz CT molecular complexity index is 774. The number of amides is 1. The van der Waals surface area contributed by atoms with Crippen LogP contribution < -0.4 is 15.4 Å². The van der Waals surface area contributed by atoms with Crippen molar-refractivity contribution < 1.29 is 9.53 Å². The molecule has 0 saturated heterocycles. The van der Waals surface area contributed by atoms with E-state index in [9.17, 15) is 4.79 Å². The third-order valence-electron chi connectivity index (χ3n) is 4.09. The first-order valence-electron chi connectivity index (χ1n) is 7.79. The Hall–Kier alpha value is -2.11. The molecule has 0 radical (unpaired) electrons. The standard InChI is InChI=1S/C18H21N3O2.ClH/c1-12-16(18(22)20-11-13-5-7-19-8-6-13)9-14-3-4-15(23-2)10-17(14)21-12;/h3-5,9-10,19H,6-8,11H2,1-2H3,(H,20,22);1H. The number of ether oxygens (including phenoxy) is 1. The molecule has 1 aliphatic heterocycles. The van der Waals surface area contributed by atoms with E-state index >= 15 is 0 Å². The Balaban J connectivity index is 0.00000208. The zero-order valence-electron chi connectivity index (χ0n) is 13.9. The zero-order valence-corrected chi connectivity index (χ0v) is 14.7. The molecule has 2 N–H and O–H groups in total. The van der Waals surface area contributed by atoms with Crippen LogP contribution in [0.4, 0.5) is 0 Å². The summed E-state index contributed by atoms with van der Waals surface area (Å²) in [5.74, 6) is 0.687. The minimum Gasteiger partial charge on any atom is -0.497 e. The predicted octanol–water partition coefficient (Wildman–Crippen LogP) is 2.62. The minimum atomic E-state index is -0.0767. The van der Waals surface area contributed by atoms with Crippen LogP contribution >= 0.6 is 12.4 Å². The molecule has 0 aliphatic carbocycles. The predicted molar refractivity (Wildman–Crippen MR) is 98.2 cm³/mol. The smallest absolute Gasteiger partial charge is 0.253 e. The number of carbonyl (C=O) groups is 1. The van der Waals surface area contributed by atoms with Crippen LogP contribution in [0.3, 0.4) is 0 Å². The first-order chi connectivity index (χ1) is 11.2. The van der Waals surface area contributed by atoms with Crippen molar-refractivity contribution in [3.8, 4) is 5.75 Å². The van der Waals surface area contributed by atoms with Crippen LogP contribution in [0.15, 0.2) is 35.9 Å². The topological polar surface area (TPSA) is 63.2 Å². The third kappa shape index (κ3) is 4.04. The lowest BCUT2D eigenvalue weighted by atomic mass is 10.1. The van der Waals surface area contributed by atoms with E-state index in [-0.39, 0.29) is 18.3 Å². The Morgan fingerprint density at radius 2 is 2.21 bits per heavy atom. The van der Waals surface area contributed by atoms with E-state index < -0.39 is 0 Å². The summed E-state index contributed by atoms with van der Waals surface area (Å²) in [6.07, 6.45) is 3.12. The molecule has 1 aromatic heterocycles. The van der Waals surface area contributed by atoms with Gasteiger partial charge in [-0.15, -0.1) is 12.4 Å². The molecule has 0 spiro atoms. The largest absolute Gasteiger partial charge is 0.497 e. The summed E-state index contributed by atoms with van der Waals surface area (Å²) in [7, 11) is 1.63. The molecule has 128 valence electrons. The van der Waals surface area contributed by atoms with Crippen molar-refractivity contribution in [3.63, 3.8) is 0 Å².